The van der Waals surface area contributed by atoms with Crippen LogP contribution in [0.2, 0.25) is 0 Å². The van der Waals surface area contributed by atoms with Crippen molar-refractivity contribution in [3.05, 3.63) is 145 Å². The highest BCUT2D eigenvalue weighted by atomic mass is 16.3. The predicted octanol–water partition coefficient (Wildman–Crippen LogP) is 12.7. The lowest BCUT2D eigenvalue weighted by Gasteiger charge is -2.57. The number of para-hydroxylation sites is 1. The van der Waals surface area contributed by atoms with Crippen molar-refractivity contribution >= 4 is 32.7 Å². The molecule has 12 rings (SSSR count). The predicted molar refractivity (Wildman–Crippen MR) is 208 cm³/mol. The molecule has 8 aromatic rings. The van der Waals surface area contributed by atoms with Crippen molar-refractivity contribution in [1.29, 1.82) is 0 Å². The first-order valence-corrected chi connectivity index (χ1v) is 18.7. The SMILES string of the molecule is c1ccc(C23CC4CC(CC(C4)C2)C3)c(-c2nc(-c3ccc(-c4ccc5ccccc5c4)cc3)cc(-c3cccc4oc5ccccc5c34)n2)c1. The lowest BCUT2D eigenvalue weighted by Crippen LogP contribution is -2.48. The Morgan fingerprint density at radius 3 is 1.94 bits per heavy atom. The molecule has 2 heterocycles. The molecule has 6 aromatic carbocycles. The van der Waals surface area contributed by atoms with Crippen LogP contribution in [0.5, 0.6) is 0 Å². The Morgan fingerprint density at radius 2 is 1.12 bits per heavy atom. The molecule has 0 unspecified atom stereocenters. The van der Waals surface area contributed by atoms with Crippen LogP contribution in [0.3, 0.4) is 0 Å². The quantitative estimate of drug-likeness (QED) is 0.185. The molecule has 0 aliphatic heterocycles. The number of furan rings is 1. The minimum absolute atomic E-state index is 0.229. The highest BCUT2D eigenvalue weighted by Gasteiger charge is 2.52. The first-order chi connectivity index (χ1) is 25.2. The van der Waals surface area contributed by atoms with Crippen LogP contribution < -0.4 is 0 Å². The standard InChI is InChI=1S/C48H38N2O/c1-2-9-36-25-37(21-18-33(36)8-1)34-16-19-35(20-17-34)42-26-43(39-12-7-15-45-46(39)40-11-4-6-14-44(40)51-45)50-47(49-42)38-10-3-5-13-41(38)48-27-30-22-31(28-48)24-32(23-30)29-48/h1-21,25-26,30-32H,22-24,27-29H2. The molecule has 0 N–H and O–H groups in total. The van der Waals surface area contributed by atoms with Gasteiger partial charge in [-0.15, -0.1) is 0 Å². The fourth-order valence-electron chi connectivity index (χ4n) is 10.6. The maximum Gasteiger partial charge on any atom is 0.160 e. The summed E-state index contributed by atoms with van der Waals surface area (Å²) >= 11 is 0. The Bertz CT molecular complexity index is 2590. The van der Waals surface area contributed by atoms with Gasteiger partial charge in [0.1, 0.15) is 11.2 Å². The van der Waals surface area contributed by atoms with E-state index in [1.165, 1.54) is 71.6 Å². The minimum atomic E-state index is 0.229. The molecule has 0 atom stereocenters. The van der Waals surface area contributed by atoms with E-state index in [-0.39, 0.29) is 5.41 Å². The molecule has 4 bridgehead atoms. The van der Waals surface area contributed by atoms with Gasteiger partial charge in [0, 0.05) is 27.5 Å². The lowest BCUT2D eigenvalue weighted by molar-refractivity contribution is -0.00494. The molecule has 3 heteroatoms. The van der Waals surface area contributed by atoms with Gasteiger partial charge in [0.25, 0.3) is 0 Å². The summed E-state index contributed by atoms with van der Waals surface area (Å²) in [5.74, 6) is 3.40. The summed E-state index contributed by atoms with van der Waals surface area (Å²) in [6.45, 7) is 0. The van der Waals surface area contributed by atoms with E-state index in [4.69, 9.17) is 14.4 Å². The molecular formula is C48H38N2O. The highest BCUT2D eigenvalue weighted by molar-refractivity contribution is 6.12. The van der Waals surface area contributed by atoms with Crippen molar-refractivity contribution in [1.82, 2.24) is 9.97 Å². The molecule has 51 heavy (non-hydrogen) atoms. The molecular weight excluding hydrogens is 621 g/mol. The Labute approximate surface area is 298 Å². The van der Waals surface area contributed by atoms with Gasteiger partial charge < -0.3 is 4.42 Å². The smallest absolute Gasteiger partial charge is 0.160 e. The van der Waals surface area contributed by atoms with Crippen molar-refractivity contribution in [2.75, 3.05) is 0 Å². The van der Waals surface area contributed by atoms with Crippen molar-refractivity contribution in [3.8, 4) is 45.0 Å². The molecule has 0 amide bonds. The maximum absolute atomic E-state index is 6.34. The summed E-state index contributed by atoms with van der Waals surface area (Å²) in [4.78, 5) is 10.9. The van der Waals surface area contributed by atoms with Crippen LogP contribution in [0, 0.1) is 17.8 Å². The van der Waals surface area contributed by atoms with Gasteiger partial charge in [0.15, 0.2) is 5.82 Å². The first kappa shape index (κ1) is 29.2. The van der Waals surface area contributed by atoms with E-state index in [1.807, 2.05) is 6.07 Å². The number of hydrogen-bond donors (Lipinski definition) is 0. The topological polar surface area (TPSA) is 38.9 Å². The summed E-state index contributed by atoms with van der Waals surface area (Å²) in [7, 11) is 0. The number of hydrogen-bond acceptors (Lipinski definition) is 3. The Morgan fingerprint density at radius 1 is 0.490 bits per heavy atom. The summed E-state index contributed by atoms with van der Waals surface area (Å²) in [5.41, 5.74) is 11.1. The number of rotatable bonds is 5. The van der Waals surface area contributed by atoms with Crippen molar-refractivity contribution < 1.29 is 4.42 Å². The molecule has 2 aromatic heterocycles. The van der Waals surface area contributed by atoms with Crippen molar-refractivity contribution in [2.24, 2.45) is 17.8 Å². The van der Waals surface area contributed by atoms with Gasteiger partial charge in [0.2, 0.25) is 0 Å². The van der Waals surface area contributed by atoms with Gasteiger partial charge in [-0.2, -0.15) is 0 Å². The van der Waals surface area contributed by atoms with Gasteiger partial charge in [-0.1, -0.05) is 115 Å². The molecule has 246 valence electrons. The van der Waals surface area contributed by atoms with Crippen molar-refractivity contribution in [2.45, 2.75) is 43.9 Å². The third kappa shape index (κ3) is 4.78. The molecule has 0 saturated heterocycles. The lowest BCUT2D eigenvalue weighted by atomic mass is 9.47. The molecule has 4 fully saturated rings. The molecule has 4 saturated carbocycles. The highest BCUT2D eigenvalue weighted by Crippen LogP contribution is 2.61. The monoisotopic (exact) mass is 658 g/mol. The van der Waals surface area contributed by atoms with Crippen LogP contribution >= 0.6 is 0 Å². The number of benzene rings is 6. The summed E-state index contributed by atoms with van der Waals surface area (Å²) in [6.07, 6.45) is 8.19. The zero-order chi connectivity index (χ0) is 33.5. The van der Waals surface area contributed by atoms with Gasteiger partial charge in [-0.3, -0.25) is 0 Å². The summed E-state index contributed by atoms with van der Waals surface area (Å²) in [6, 6.07) is 50.1. The fraction of sp³-hybridized carbons (Fsp3) is 0.208. The van der Waals surface area contributed by atoms with Crippen LogP contribution in [0.15, 0.2) is 144 Å². The van der Waals surface area contributed by atoms with Gasteiger partial charge in [-0.05, 0) is 113 Å². The number of fused-ring (bicyclic) bond motifs is 4. The second kappa shape index (κ2) is 11.2. The second-order valence-corrected chi connectivity index (χ2v) is 15.6. The Kier molecular flexibility index (Phi) is 6.44. The maximum atomic E-state index is 6.34. The summed E-state index contributed by atoms with van der Waals surface area (Å²) in [5, 5.41) is 4.72. The Hall–Kier alpha value is -5.54. The minimum Gasteiger partial charge on any atom is -0.456 e. The van der Waals surface area contributed by atoms with E-state index >= 15 is 0 Å². The van der Waals surface area contributed by atoms with E-state index in [0.29, 0.717) is 0 Å². The molecule has 0 spiro atoms. The van der Waals surface area contributed by atoms with Gasteiger partial charge in [0.05, 0.1) is 11.4 Å². The number of nitrogens with zero attached hydrogens (tertiary/aromatic N) is 2. The first-order valence-electron chi connectivity index (χ1n) is 18.7. The molecule has 4 aliphatic carbocycles. The van der Waals surface area contributed by atoms with E-state index < -0.39 is 0 Å². The van der Waals surface area contributed by atoms with E-state index in [0.717, 1.165) is 68.0 Å². The van der Waals surface area contributed by atoms with Crippen LogP contribution in [-0.2, 0) is 5.41 Å². The average molecular weight is 659 g/mol. The second-order valence-electron chi connectivity index (χ2n) is 15.6. The zero-order valence-electron chi connectivity index (χ0n) is 28.6. The molecule has 0 radical (unpaired) electrons. The normalized spacial score (nSPS) is 22.3. The van der Waals surface area contributed by atoms with Gasteiger partial charge >= 0.3 is 0 Å². The van der Waals surface area contributed by atoms with E-state index in [2.05, 4.69) is 133 Å². The third-order valence-corrected chi connectivity index (χ3v) is 12.4. The van der Waals surface area contributed by atoms with Crippen molar-refractivity contribution in [3.63, 3.8) is 0 Å². The van der Waals surface area contributed by atoms with E-state index in [1.54, 1.807) is 0 Å². The van der Waals surface area contributed by atoms with Crippen LogP contribution in [0.1, 0.15) is 44.1 Å². The fourth-order valence-corrected chi connectivity index (χ4v) is 10.6. The third-order valence-electron chi connectivity index (χ3n) is 12.4. The Balaban J connectivity index is 1.08. The number of aromatic nitrogens is 2. The van der Waals surface area contributed by atoms with Crippen LogP contribution in [-0.4, -0.2) is 9.97 Å². The summed E-state index contributed by atoms with van der Waals surface area (Å²) < 4.78 is 6.34. The van der Waals surface area contributed by atoms with Crippen LogP contribution in [0.4, 0.5) is 0 Å². The zero-order valence-corrected chi connectivity index (χ0v) is 28.6. The van der Waals surface area contributed by atoms with Gasteiger partial charge in [-0.25, -0.2) is 9.97 Å². The largest absolute Gasteiger partial charge is 0.456 e. The molecule has 4 aliphatic rings. The van der Waals surface area contributed by atoms with Crippen LogP contribution in [0.25, 0.3) is 77.7 Å². The van der Waals surface area contributed by atoms with E-state index in [9.17, 15) is 0 Å². The average Bonchev–Trinajstić information content (AvgIpc) is 3.56. The molecule has 3 nitrogen and oxygen atoms in total.